The molecule has 0 spiro atoms. The highest BCUT2D eigenvalue weighted by molar-refractivity contribution is 6.91. The lowest BCUT2D eigenvalue weighted by atomic mass is 9.89. The average molecular weight is 641 g/mol. The Morgan fingerprint density at radius 1 is 0.435 bits per heavy atom. The fraction of sp³-hybridized carbons (Fsp3) is 0.429. The van der Waals surface area contributed by atoms with Crippen LogP contribution in [0.15, 0.2) is 61.2 Å². The predicted octanol–water partition coefficient (Wildman–Crippen LogP) is 12.2. The maximum atomic E-state index is 4.50. The highest BCUT2D eigenvalue weighted by Crippen LogP contribution is 2.43. The normalized spacial score (nSPS) is 12.7. The van der Waals surface area contributed by atoms with Crippen LogP contribution in [0, 0.1) is 22.9 Å². The van der Waals surface area contributed by atoms with Crippen molar-refractivity contribution in [3.63, 3.8) is 0 Å². The minimum atomic E-state index is -1.99. The van der Waals surface area contributed by atoms with Crippen LogP contribution in [-0.4, -0.2) is 26.1 Å². The van der Waals surface area contributed by atoms with Gasteiger partial charge in [0.25, 0.3) is 0 Å². The molecule has 0 saturated heterocycles. The number of nitrogens with zero attached hydrogens (tertiary/aromatic N) is 2. The minimum Gasteiger partial charge on any atom is -0.264 e. The van der Waals surface area contributed by atoms with Crippen LogP contribution in [0.2, 0.25) is 33.2 Å². The van der Waals surface area contributed by atoms with Crippen LogP contribution < -0.4 is 0 Å². The zero-order valence-corrected chi connectivity index (χ0v) is 32.1. The first kappa shape index (κ1) is 33.9. The van der Waals surface area contributed by atoms with E-state index < -0.39 is 16.1 Å². The van der Waals surface area contributed by atoms with Gasteiger partial charge in [0.2, 0.25) is 0 Å². The standard InChI is InChI=1S/C42H52N2Si2/c1-27(2)45(28(3)4,29(5)6)19-15-37-39-21-33-13-17-44-26-36(33)24-42(39)38(16-20-46(30(7)8,31(9)10)32(11)12)40-22-34-14-18-43-25-35(34)23-41(37)40/h13-14,17-18,21-32H,1-12H3. The van der Waals surface area contributed by atoms with Crippen LogP contribution in [0.3, 0.4) is 0 Å². The second-order valence-electron chi connectivity index (χ2n) is 15.3. The van der Waals surface area contributed by atoms with E-state index in [1.165, 1.54) is 32.3 Å². The van der Waals surface area contributed by atoms with E-state index in [1.54, 1.807) is 0 Å². The smallest absolute Gasteiger partial charge is 0.146 e. The second kappa shape index (κ2) is 13.0. The van der Waals surface area contributed by atoms with E-state index in [0.29, 0.717) is 33.2 Å². The maximum Gasteiger partial charge on any atom is 0.146 e. The van der Waals surface area contributed by atoms with Crippen LogP contribution in [-0.2, 0) is 0 Å². The van der Waals surface area contributed by atoms with Gasteiger partial charge in [-0.25, -0.2) is 0 Å². The second-order valence-corrected chi connectivity index (χ2v) is 26.4. The predicted molar refractivity (Wildman–Crippen MR) is 208 cm³/mol. The van der Waals surface area contributed by atoms with Crippen LogP contribution in [0.5, 0.6) is 0 Å². The molecule has 0 fully saturated rings. The summed E-state index contributed by atoms with van der Waals surface area (Å²) in [6.07, 6.45) is 7.75. The Balaban J connectivity index is 2.02. The van der Waals surface area contributed by atoms with Gasteiger partial charge in [0.05, 0.1) is 0 Å². The molecule has 46 heavy (non-hydrogen) atoms. The first-order chi connectivity index (χ1) is 21.7. The fourth-order valence-electron chi connectivity index (χ4n) is 8.87. The van der Waals surface area contributed by atoms with Gasteiger partial charge in [-0.2, -0.15) is 0 Å². The molecule has 0 amide bonds. The Kier molecular flexibility index (Phi) is 9.57. The Hall–Kier alpha value is -3.45. The lowest BCUT2D eigenvalue weighted by Crippen LogP contribution is -2.43. The monoisotopic (exact) mass is 640 g/mol. The third kappa shape index (κ3) is 5.59. The van der Waals surface area contributed by atoms with E-state index >= 15 is 0 Å². The first-order valence-corrected chi connectivity index (χ1v) is 21.8. The van der Waals surface area contributed by atoms with Gasteiger partial charge in [-0.15, -0.1) is 11.1 Å². The van der Waals surface area contributed by atoms with Crippen molar-refractivity contribution < 1.29 is 0 Å². The molecule has 0 radical (unpaired) electrons. The Morgan fingerprint density at radius 3 is 1.00 bits per heavy atom. The number of aromatic nitrogens is 2. The summed E-state index contributed by atoms with van der Waals surface area (Å²) >= 11 is 0. The quantitative estimate of drug-likeness (QED) is 0.105. The molecule has 0 saturated carbocycles. The summed E-state index contributed by atoms with van der Waals surface area (Å²) in [5.41, 5.74) is 13.7. The highest BCUT2D eigenvalue weighted by atomic mass is 28.3. The van der Waals surface area contributed by atoms with Crippen molar-refractivity contribution in [3.05, 3.63) is 72.3 Å². The molecule has 0 aliphatic carbocycles. The van der Waals surface area contributed by atoms with Crippen molar-refractivity contribution in [2.75, 3.05) is 0 Å². The molecule has 2 heterocycles. The van der Waals surface area contributed by atoms with Crippen molar-refractivity contribution in [3.8, 4) is 22.9 Å². The molecule has 0 atom stereocenters. The van der Waals surface area contributed by atoms with Crippen molar-refractivity contribution in [2.24, 2.45) is 0 Å². The lowest BCUT2D eigenvalue weighted by molar-refractivity contribution is 0.838. The van der Waals surface area contributed by atoms with E-state index in [4.69, 9.17) is 0 Å². The number of hydrogen-bond acceptors (Lipinski definition) is 2. The van der Waals surface area contributed by atoms with Gasteiger partial charge in [-0.1, -0.05) is 94.9 Å². The van der Waals surface area contributed by atoms with Gasteiger partial charge in [0.1, 0.15) is 16.1 Å². The third-order valence-electron chi connectivity index (χ3n) is 11.2. The largest absolute Gasteiger partial charge is 0.264 e. The maximum absolute atomic E-state index is 4.50. The van der Waals surface area contributed by atoms with Crippen molar-refractivity contribution in [1.82, 2.24) is 9.97 Å². The summed E-state index contributed by atoms with van der Waals surface area (Å²) in [5, 5.41) is 9.38. The van der Waals surface area contributed by atoms with Gasteiger partial charge in [0.15, 0.2) is 0 Å². The molecule has 2 aromatic heterocycles. The molecule has 2 nitrogen and oxygen atoms in total. The summed E-state index contributed by atoms with van der Waals surface area (Å²) in [7, 11) is -3.98. The topological polar surface area (TPSA) is 25.8 Å². The summed E-state index contributed by atoms with van der Waals surface area (Å²) in [6.45, 7) is 28.7. The van der Waals surface area contributed by atoms with Crippen molar-refractivity contribution in [1.29, 1.82) is 0 Å². The number of rotatable bonds is 6. The van der Waals surface area contributed by atoms with Gasteiger partial charge in [-0.3, -0.25) is 9.97 Å². The SMILES string of the molecule is CC(C)[Si](C#Cc1c2cc3ccncc3cc2c(C#C[Si](C(C)C)(C(C)C)C(C)C)c2cc3ccncc3cc12)(C(C)C)C(C)C. The number of pyridine rings is 2. The Bertz CT molecular complexity index is 1760. The van der Waals surface area contributed by atoms with E-state index in [-0.39, 0.29) is 0 Å². The summed E-state index contributed by atoms with van der Waals surface area (Å²) < 4.78 is 0. The van der Waals surface area contributed by atoms with Gasteiger partial charge in [-0.05, 0) is 102 Å². The van der Waals surface area contributed by atoms with Crippen molar-refractivity contribution >= 4 is 59.2 Å². The molecule has 0 N–H and O–H groups in total. The van der Waals surface area contributed by atoms with Crippen LogP contribution >= 0.6 is 0 Å². The third-order valence-corrected chi connectivity index (χ3v) is 23.8. The Morgan fingerprint density at radius 2 is 0.717 bits per heavy atom. The number of benzene rings is 3. The number of fused-ring (bicyclic) bond motifs is 4. The number of hydrogen-bond donors (Lipinski definition) is 0. The molecule has 0 bridgehead atoms. The Labute approximate surface area is 279 Å². The molecule has 3 aromatic carbocycles. The first-order valence-electron chi connectivity index (χ1n) is 17.3. The molecule has 4 heteroatoms. The van der Waals surface area contributed by atoms with Crippen LogP contribution in [0.25, 0.3) is 43.1 Å². The molecule has 0 aliphatic rings. The zero-order valence-electron chi connectivity index (χ0n) is 30.1. The lowest BCUT2D eigenvalue weighted by Gasteiger charge is -2.38. The summed E-state index contributed by atoms with van der Waals surface area (Å²) in [4.78, 5) is 9.00. The molecular weight excluding hydrogens is 589 g/mol. The van der Waals surface area contributed by atoms with E-state index in [9.17, 15) is 0 Å². The minimum absolute atomic E-state index is 0.556. The summed E-state index contributed by atoms with van der Waals surface area (Å²) in [5.74, 6) is 7.87. The van der Waals surface area contributed by atoms with E-state index in [1.807, 2.05) is 24.8 Å². The van der Waals surface area contributed by atoms with Crippen molar-refractivity contribution in [2.45, 2.75) is 116 Å². The zero-order chi connectivity index (χ0) is 33.6. The molecule has 0 aliphatic heterocycles. The van der Waals surface area contributed by atoms with Gasteiger partial charge in [0, 0.05) is 46.7 Å². The van der Waals surface area contributed by atoms with Crippen LogP contribution in [0.1, 0.15) is 94.2 Å². The highest BCUT2D eigenvalue weighted by Gasteiger charge is 2.42. The molecular formula is C42H52N2Si2. The fourth-order valence-corrected chi connectivity index (χ4v) is 19.3. The molecule has 0 unspecified atom stereocenters. The van der Waals surface area contributed by atoms with E-state index in [2.05, 4.69) is 152 Å². The molecule has 238 valence electrons. The van der Waals surface area contributed by atoms with Gasteiger partial charge >= 0.3 is 0 Å². The van der Waals surface area contributed by atoms with Gasteiger partial charge < -0.3 is 0 Å². The van der Waals surface area contributed by atoms with E-state index in [0.717, 1.165) is 21.9 Å². The summed E-state index contributed by atoms with van der Waals surface area (Å²) in [6, 6.07) is 13.6. The average Bonchev–Trinajstić information content (AvgIpc) is 2.99. The molecule has 5 rings (SSSR count). The van der Waals surface area contributed by atoms with Crippen LogP contribution in [0.4, 0.5) is 0 Å². The molecule has 5 aromatic rings.